The number of carboxylic acids is 1. The van der Waals surface area contributed by atoms with Crippen LogP contribution in [0.25, 0.3) is 0 Å². The molecular formula is C14H24N2O4. The maximum absolute atomic E-state index is 12.6. The van der Waals surface area contributed by atoms with Gasteiger partial charge in [-0.2, -0.15) is 0 Å². The lowest BCUT2D eigenvalue weighted by atomic mass is 9.76. The first kappa shape index (κ1) is 15.3. The fourth-order valence-electron chi connectivity index (χ4n) is 3.66. The highest BCUT2D eigenvalue weighted by Crippen LogP contribution is 2.38. The van der Waals surface area contributed by atoms with Crippen molar-refractivity contribution in [2.45, 2.75) is 56.7 Å². The van der Waals surface area contributed by atoms with Crippen molar-refractivity contribution in [1.29, 1.82) is 0 Å². The van der Waals surface area contributed by atoms with Crippen LogP contribution in [0.4, 0.5) is 0 Å². The van der Waals surface area contributed by atoms with Gasteiger partial charge in [-0.25, -0.2) is 4.79 Å². The lowest BCUT2D eigenvalue weighted by Gasteiger charge is -2.47. The van der Waals surface area contributed by atoms with Gasteiger partial charge in [-0.1, -0.05) is 12.8 Å². The second-order valence-corrected chi connectivity index (χ2v) is 5.75. The molecule has 2 fully saturated rings. The van der Waals surface area contributed by atoms with Crippen molar-refractivity contribution in [2.24, 2.45) is 11.7 Å². The largest absolute Gasteiger partial charge is 0.480 e. The minimum atomic E-state index is -0.922. The van der Waals surface area contributed by atoms with Crippen molar-refractivity contribution in [3.63, 3.8) is 0 Å². The summed E-state index contributed by atoms with van der Waals surface area (Å²) in [6.07, 6.45) is 4.89. The van der Waals surface area contributed by atoms with Crippen LogP contribution >= 0.6 is 0 Å². The molecule has 1 aliphatic carbocycles. The van der Waals surface area contributed by atoms with E-state index in [0.29, 0.717) is 12.3 Å². The number of rotatable bonds is 4. The fraction of sp³-hybridized carbons (Fsp3) is 0.857. The van der Waals surface area contributed by atoms with Gasteiger partial charge in [0.1, 0.15) is 12.1 Å². The van der Waals surface area contributed by atoms with Gasteiger partial charge in [0.15, 0.2) is 0 Å². The first-order valence-corrected chi connectivity index (χ1v) is 7.38. The van der Waals surface area contributed by atoms with Crippen molar-refractivity contribution in [1.82, 2.24) is 4.90 Å². The van der Waals surface area contributed by atoms with Crippen LogP contribution in [0.2, 0.25) is 0 Å². The molecule has 0 aromatic rings. The van der Waals surface area contributed by atoms with E-state index in [9.17, 15) is 14.7 Å². The van der Waals surface area contributed by atoms with E-state index < -0.39 is 18.1 Å². The molecule has 6 nitrogen and oxygen atoms in total. The maximum atomic E-state index is 12.6. The Kier molecular flexibility index (Phi) is 4.99. The van der Waals surface area contributed by atoms with Crippen LogP contribution in [0.15, 0.2) is 0 Å². The zero-order chi connectivity index (χ0) is 14.7. The minimum absolute atomic E-state index is 0.0373. The number of nitrogens with two attached hydrogens (primary N) is 1. The van der Waals surface area contributed by atoms with Gasteiger partial charge in [-0.3, -0.25) is 4.79 Å². The molecular weight excluding hydrogens is 260 g/mol. The number of aliphatic carboxylic acids is 1. The lowest BCUT2D eigenvalue weighted by molar-refractivity contribution is -0.163. The molecule has 6 heteroatoms. The number of hydrogen-bond acceptors (Lipinski definition) is 4. The number of likely N-dealkylation sites (tertiary alicyclic amines) is 1. The van der Waals surface area contributed by atoms with Crippen LogP contribution in [0.1, 0.15) is 38.5 Å². The Hall–Kier alpha value is -1.14. The summed E-state index contributed by atoms with van der Waals surface area (Å²) >= 11 is 0. The summed E-state index contributed by atoms with van der Waals surface area (Å²) in [6.45, 7) is 0.0789. The average molecular weight is 284 g/mol. The second kappa shape index (κ2) is 6.54. The molecule has 2 aliphatic rings. The average Bonchev–Trinajstić information content (AvgIpc) is 2.46. The Morgan fingerprint density at radius 3 is 2.60 bits per heavy atom. The summed E-state index contributed by atoms with van der Waals surface area (Å²) in [5, 5.41) is 9.41. The molecule has 114 valence electrons. The SMILES string of the molecule is COC(CN)C(=O)N1C(C(=O)O)CCC2CCCCC21. The number of ether oxygens (including phenoxy) is 1. The molecule has 4 atom stereocenters. The van der Waals surface area contributed by atoms with Gasteiger partial charge in [0.05, 0.1) is 0 Å². The molecule has 3 N–H and O–H groups in total. The number of nitrogens with zero attached hydrogens (tertiary/aromatic N) is 1. The Morgan fingerprint density at radius 1 is 1.30 bits per heavy atom. The van der Waals surface area contributed by atoms with Gasteiger partial charge in [0, 0.05) is 19.7 Å². The normalized spacial score (nSPS) is 31.5. The van der Waals surface area contributed by atoms with Gasteiger partial charge in [0.25, 0.3) is 5.91 Å². The van der Waals surface area contributed by atoms with Crippen LogP contribution in [0.3, 0.4) is 0 Å². The first-order chi connectivity index (χ1) is 9.60. The quantitative estimate of drug-likeness (QED) is 0.788. The molecule has 2 rings (SSSR count). The van der Waals surface area contributed by atoms with E-state index in [1.165, 1.54) is 13.5 Å². The smallest absolute Gasteiger partial charge is 0.326 e. The van der Waals surface area contributed by atoms with E-state index in [0.717, 1.165) is 25.7 Å². The zero-order valence-corrected chi connectivity index (χ0v) is 12.0. The number of hydrogen-bond donors (Lipinski definition) is 2. The Labute approximate surface area is 119 Å². The highest BCUT2D eigenvalue weighted by molar-refractivity contribution is 5.87. The number of amides is 1. The molecule has 0 aromatic carbocycles. The van der Waals surface area contributed by atoms with Crippen LogP contribution in [0.5, 0.6) is 0 Å². The Morgan fingerprint density at radius 2 is 2.00 bits per heavy atom. The van der Waals surface area contributed by atoms with E-state index in [-0.39, 0.29) is 18.5 Å². The zero-order valence-electron chi connectivity index (χ0n) is 12.0. The highest BCUT2D eigenvalue weighted by atomic mass is 16.5. The molecule has 1 heterocycles. The predicted molar refractivity (Wildman–Crippen MR) is 73.1 cm³/mol. The highest BCUT2D eigenvalue weighted by Gasteiger charge is 2.45. The summed E-state index contributed by atoms with van der Waals surface area (Å²) in [5.74, 6) is -0.758. The van der Waals surface area contributed by atoms with Crippen molar-refractivity contribution in [3.05, 3.63) is 0 Å². The summed E-state index contributed by atoms with van der Waals surface area (Å²) in [5.41, 5.74) is 5.56. The third kappa shape index (κ3) is 2.81. The molecule has 0 radical (unpaired) electrons. The molecule has 4 unspecified atom stereocenters. The molecule has 0 aromatic heterocycles. The molecule has 1 aliphatic heterocycles. The maximum Gasteiger partial charge on any atom is 0.326 e. The molecule has 1 saturated carbocycles. The number of methoxy groups -OCH3 is 1. The van der Waals surface area contributed by atoms with E-state index in [2.05, 4.69) is 0 Å². The second-order valence-electron chi connectivity index (χ2n) is 5.75. The number of carbonyl (C=O) groups excluding carboxylic acids is 1. The number of carbonyl (C=O) groups is 2. The van der Waals surface area contributed by atoms with Crippen molar-refractivity contribution in [2.75, 3.05) is 13.7 Å². The summed E-state index contributed by atoms with van der Waals surface area (Å²) in [6, 6.07) is -0.693. The molecule has 0 spiro atoms. The number of fused-ring (bicyclic) bond motifs is 1. The topological polar surface area (TPSA) is 92.9 Å². The van der Waals surface area contributed by atoms with Crippen LogP contribution < -0.4 is 5.73 Å². The summed E-state index contributed by atoms with van der Waals surface area (Å²) in [7, 11) is 1.44. The standard InChI is InChI=1S/C14H24N2O4/c1-20-12(8-15)13(17)16-10-5-3-2-4-9(10)6-7-11(16)14(18)19/h9-12H,2-8,15H2,1H3,(H,18,19). The van der Waals surface area contributed by atoms with E-state index in [1.54, 1.807) is 4.90 Å². The molecule has 1 saturated heterocycles. The van der Waals surface area contributed by atoms with E-state index in [4.69, 9.17) is 10.5 Å². The number of piperidine rings is 1. The van der Waals surface area contributed by atoms with Gasteiger partial charge in [-0.05, 0) is 31.6 Å². The summed E-state index contributed by atoms with van der Waals surface area (Å²) < 4.78 is 5.11. The minimum Gasteiger partial charge on any atom is -0.480 e. The fourth-order valence-corrected chi connectivity index (χ4v) is 3.66. The third-order valence-electron chi connectivity index (χ3n) is 4.69. The monoisotopic (exact) mass is 284 g/mol. The van der Waals surface area contributed by atoms with Crippen LogP contribution in [-0.4, -0.2) is 53.7 Å². The van der Waals surface area contributed by atoms with Gasteiger partial charge in [0.2, 0.25) is 0 Å². The molecule has 20 heavy (non-hydrogen) atoms. The first-order valence-electron chi connectivity index (χ1n) is 7.38. The van der Waals surface area contributed by atoms with Gasteiger partial charge in [-0.15, -0.1) is 0 Å². The third-order valence-corrected chi connectivity index (χ3v) is 4.69. The van der Waals surface area contributed by atoms with Crippen LogP contribution in [-0.2, 0) is 14.3 Å². The van der Waals surface area contributed by atoms with Crippen molar-refractivity contribution in [3.8, 4) is 0 Å². The molecule has 0 bridgehead atoms. The Bertz CT molecular complexity index is 370. The van der Waals surface area contributed by atoms with E-state index >= 15 is 0 Å². The summed E-state index contributed by atoms with van der Waals surface area (Å²) in [4.78, 5) is 25.6. The predicted octanol–water partition coefficient (Wildman–Crippen LogP) is 0.595. The van der Waals surface area contributed by atoms with Gasteiger partial charge < -0.3 is 20.5 Å². The van der Waals surface area contributed by atoms with Crippen LogP contribution in [0, 0.1) is 5.92 Å². The van der Waals surface area contributed by atoms with Crippen molar-refractivity contribution < 1.29 is 19.4 Å². The number of carboxylic acid groups (broad SMARTS) is 1. The van der Waals surface area contributed by atoms with E-state index in [1.807, 2.05) is 0 Å². The van der Waals surface area contributed by atoms with Crippen molar-refractivity contribution >= 4 is 11.9 Å². The van der Waals surface area contributed by atoms with Gasteiger partial charge >= 0.3 is 5.97 Å². The Balaban J connectivity index is 2.24. The molecule has 1 amide bonds. The lowest BCUT2D eigenvalue weighted by Crippen LogP contribution is -2.60.